The molecule has 96 valence electrons. The molecule has 0 aliphatic heterocycles. The predicted octanol–water partition coefficient (Wildman–Crippen LogP) is -0.192. The van der Waals surface area contributed by atoms with Crippen LogP contribution in [0.2, 0.25) is 0 Å². The average molecular weight is 231 g/mol. The maximum atomic E-state index is 11.7. The third-order valence-electron chi connectivity index (χ3n) is 2.59. The number of carbonyl (C=O) groups excluding carboxylic acids is 1. The number of rotatable bonds is 9. The van der Waals surface area contributed by atoms with Gasteiger partial charge in [0.1, 0.15) is 0 Å². The first kappa shape index (κ1) is 15.3. The molecule has 0 saturated carbocycles. The fourth-order valence-corrected chi connectivity index (χ4v) is 1.51. The highest BCUT2D eigenvalue weighted by molar-refractivity contribution is 5.81. The summed E-state index contributed by atoms with van der Waals surface area (Å²) in [7, 11) is 1.62. The summed E-state index contributed by atoms with van der Waals surface area (Å²) in [6.07, 6.45) is 0.920. The van der Waals surface area contributed by atoms with Crippen LogP contribution in [-0.4, -0.2) is 56.7 Å². The van der Waals surface area contributed by atoms with Crippen LogP contribution in [0.5, 0.6) is 0 Å². The molecular formula is C11H25N3O2. The standard InChI is InChI=1S/C11H25N3O2/c1-4-14(8-5-6-12)10(2)11(15)13-7-9-16-3/h10H,4-9,12H2,1-3H3,(H,13,15). The van der Waals surface area contributed by atoms with E-state index in [4.69, 9.17) is 10.5 Å². The third kappa shape index (κ3) is 6.05. The number of amides is 1. The molecule has 1 amide bonds. The largest absolute Gasteiger partial charge is 0.383 e. The van der Waals surface area contributed by atoms with Crippen molar-refractivity contribution in [1.29, 1.82) is 0 Å². The summed E-state index contributed by atoms with van der Waals surface area (Å²) >= 11 is 0. The van der Waals surface area contributed by atoms with E-state index >= 15 is 0 Å². The number of likely N-dealkylation sites (N-methyl/N-ethyl adjacent to an activating group) is 1. The van der Waals surface area contributed by atoms with Crippen LogP contribution >= 0.6 is 0 Å². The van der Waals surface area contributed by atoms with Gasteiger partial charge in [-0.1, -0.05) is 6.92 Å². The lowest BCUT2D eigenvalue weighted by atomic mass is 10.2. The van der Waals surface area contributed by atoms with Crippen LogP contribution < -0.4 is 11.1 Å². The molecule has 5 heteroatoms. The highest BCUT2D eigenvalue weighted by Crippen LogP contribution is 1.99. The Morgan fingerprint density at radius 1 is 1.56 bits per heavy atom. The molecule has 16 heavy (non-hydrogen) atoms. The Kier molecular flexibility index (Phi) is 9.18. The molecule has 0 aliphatic rings. The Bertz CT molecular complexity index is 188. The maximum absolute atomic E-state index is 11.7. The molecule has 5 nitrogen and oxygen atoms in total. The summed E-state index contributed by atoms with van der Waals surface area (Å²) in [6.45, 7) is 7.47. The van der Waals surface area contributed by atoms with Crippen molar-refractivity contribution in [3.63, 3.8) is 0 Å². The van der Waals surface area contributed by atoms with E-state index in [-0.39, 0.29) is 11.9 Å². The zero-order valence-corrected chi connectivity index (χ0v) is 10.7. The quantitative estimate of drug-likeness (QED) is 0.540. The van der Waals surface area contributed by atoms with E-state index in [1.54, 1.807) is 7.11 Å². The number of ether oxygens (including phenoxy) is 1. The van der Waals surface area contributed by atoms with Crippen LogP contribution in [0.4, 0.5) is 0 Å². The highest BCUT2D eigenvalue weighted by Gasteiger charge is 2.18. The van der Waals surface area contributed by atoms with E-state index < -0.39 is 0 Å². The van der Waals surface area contributed by atoms with Crippen molar-refractivity contribution < 1.29 is 9.53 Å². The minimum atomic E-state index is -0.103. The van der Waals surface area contributed by atoms with E-state index in [0.29, 0.717) is 19.7 Å². The van der Waals surface area contributed by atoms with Gasteiger partial charge in [0, 0.05) is 20.2 Å². The first-order valence-electron chi connectivity index (χ1n) is 5.88. The van der Waals surface area contributed by atoms with Crippen molar-refractivity contribution in [2.24, 2.45) is 5.73 Å². The van der Waals surface area contributed by atoms with Gasteiger partial charge in [-0.3, -0.25) is 9.69 Å². The number of nitrogens with two attached hydrogens (primary N) is 1. The van der Waals surface area contributed by atoms with Gasteiger partial charge in [-0.15, -0.1) is 0 Å². The zero-order valence-electron chi connectivity index (χ0n) is 10.7. The van der Waals surface area contributed by atoms with Gasteiger partial charge < -0.3 is 15.8 Å². The summed E-state index contributed by atoms with van der Waals surface area (Å²) in [5, 5.41) is 2.84. The molecular weight excluding hydrogens is 206 g/mol. The monoisotopic (exact) mass is 231 g/mol. The second-order valence-electron chi connectivity index (χ2n) is 3.73. The molecule has 0 fully saturated rings. The summed E-state index contributed by atoms with van der Waals surface area (Å²) in [4.78, 5) is 13.9. The van der Waals surface area contributed by atoms with Gasteiger partial charge in [0.05, 0.1) is 12.6 Å². The minimum absolute atomic E-state index is 0.0518. The van der Waals surface area contributed by atoms with Gasteiger partial charge in [0.15, 0.2) is 0 Å². The van der Waals surface area contributed by atoms with Gasteiger partial charge in [-0.25, -0.2) is 0 Å². The van der Waals surface area contributed by atoms with Crippen LogP contribution in [-0.2, 0) is 9.53 Å². The van der Waals surface area contributed by atoms with Gasteiger partial charge >= 0.3 is 0 Å². The van der Waals surface area contributed by atoms with Crippen molar-refractivity contribution >= 4 is 5.91 Å². The molecule has 0 saturated heterocycles. The number of methoxy groups -OCH3 is 1. The summed E-state index contributed by atoms with van der Waals surface area (Å²) < 4.78 is 4.88. The second kappa shape index (κ2) is 9.57. The second-order valence-corrected chi connectivity index (χ2v) is 3.73. The Labute approximate surface area is 98.3 Å². The van der Waals surface area contributed by atoms with E-state index in [2.05, 4.69) is 17.1 Å². The van der Waals surface area contributed by atoms with Crippen molar-refractivity contribution in [3.8, 4) is 0 Å². The Balaban J connectivity index is 3.95. The van der Waals surface area contributed by atoms with Gasteiger partial charge in [-0.05, 0) is 26.4 Å². The molecule has 0 spiro atoms. The lowest BCUT2D eigenvalue weighted by Gasteiger charge is -2.26. The molecule has 0 heterocycles. The van der Waals surface area contributed by atoms with E-state index in [9.17, 15) is 4.79 Å². The molecule has 0 aliphatic carbocycles. The SMILES string of the molecule is CCN(CCCN)C(C)C(=O)NCCOC. The lowest BCUT2D eigenvalue weighted by Crippen LogP contribution is -2.46. The Morgan fingerprint density at radius 3 is 2.75 bits per heavy atom. The molecule has 3 N–H and O–H groups in total. The fraction of sp³-hybridized carbons (Fsp3) is 0.909. The number of hydrogen-bond acceptors (Lipinski definition) is 4. The van der Waals surface area contributed by atoms with Crippen molar-refractivity contribution in [2.75, 3.05) is 39.9 Å². The van der Waals surface area contributed by atoms with Crippen LogP contribution in [0.1, 0.15) is 20.3 Å². The van der Waals surface area contributed by atoms with Gasteiger partial charge in [0.2, 0.25) is 5.91 Å². The maximum Gasteiger partial charge on any atom is 0.237 e. The van der Waals surface area contributed by atoms with Crippen molar-refractivity contribution in [2.45, 2.75) is 26.3 Å². The zero-order chi connectivity index (χ0) is 12.4. The molecule has 0 radical (unpaired) electrons. The average Bonchev–Trinajstić information content (AvgIpc) is 2.30. The lowest BCUT2D eigenvalue weighted by molar-refractivity contribution is -0.126. The smallest absolute Gasteiger partial charge is 0.237 e. The van der Waals surface area contributed by atoms with Crippen molar-refractivity contribution in [3.05, 3.63) is 0 Å². The first-order chi connectivity index (χ1) is 7.67. The summed E-state index contributed by atoms with van der Waals surface area (Å²) in [6, 6.07) is -0.103. The number of hydrogen-bond donors (Lipinski definition) is 2. The molecule has 1 atom stereocenters. The molecule has 0 bridgehead atoms. The predicted molar refractivity (Wildman–Crippen MR) is 65.3 cm³/mol. The number of nitrogens with one attached hydrogen (secondary N) is 1. The van der Waals surface area contributed by atoms with E-state index in [0.717, 1.165) is 19.5 Å². The van der Waals surface area contributed by atoms with Crippen molar-refractivity contribution in [1.82, 2.24) is 10.2 Å². The molecule has 0 rings (SSSR count). The van der Waals surface area contributed by atoms with Crippen LogP contribution in [0.25, 0.3) is 0 Å². The Hall–Kier alpha value is -0.650. The molecule has 1 unspecified atom stereocenters. The number of carbonyl (C=O) groups is 1. The van der Waals surface area contributed by atoms with Crippen LogP contribution in [0, 0.1) is 0 Å². The number of nitrogens with zero attached hydrogens (tertiary/aromatic N) is 1. The first-order valence-corrected chi connectivity index (χ1v) is 5.88. The summed E-state index contributed by atoms with van der Waals surface area (Å²) in [5.41, 5.74) is 5.46. The minimum Gasteiger partial charge on any atom is -0.383 e. The topological polar surface area (TPSA) is 67.6 Å². The molecule has 0 aromatic rings. The molecule has 0 aromatic carbocycles. The highest BCUT2D eigenvalue weighted by atomic mass is 16.5. The fourth-order valence-electron chi connectivity index (χ4n) is 1.51. The van der Waals surface area contributed by atoms with Gasteiger partial charge in [-0.2, -0.15) is 0 Å². The van der Waals surface area contributed by atoms with Gasteiger partial charge in [0.25, 0.3) is 0 Å². The molecule has 0 aromatic heterocycles. The van der Waals surface area contributed by atoms with Crippen LogP contribution in [0.3, 0.4) is 0 Å². The van der Waals surface area contributed by atoms with E-state index in [1.165, 1.54) is 0 Å². The van der Waals surface area contributed by atoms with Crippen LogP contribution in [0.15, 0.2) is 0 Å². The van der Waals surface area contributed by atoms with E-state index in [1.807, 2.05) is 6.92 Å². The normalized spacial score (nSPS) is 12.8. The Morgan fingerprint density at radius 2 is 2.25 bits per heavy atom. The summed E-state index contributed by atoms with van der Waals surface area (Å²) in [5.74, 6) is 0.0518. The third-order valence-corrected chi connectivity index (χ3v) is 2.59.